The minimum atomic E-state index is -0.623. The summed E-state index contributed by atoms with van der Waals surface area (Å²) in [6.45, 7) is 14.7. The molecule has 0 aromatic rings. The number of carbonyl (C=O) groups excluding carboxylic acids is 1. The van der Waals surface area contributed by atoms with Crippen LogP contribution >= 0.6 is 0 Å². The van der Waals surface area contributed by atoms with Crippen LogP contribution in [-0.4, -0.2) is 48.2 Å². The summed E-state index contributed by atoms with van der Waals surface area (Å²) in [7, 11) is 0. The fourth-order valence-electron chi connectivity index (χ4n) is 3.11. The average Bonchev–Trinajstić information content (AvgIpc) is 2.56. The molecular weight excluding hydrogens is 240 g/mol. The fourth-order valence-corrected chi connectivity index (χ4v) is 3.11. The highest BCUT2D eigenvalue weighted by Gasteiger charge is 2.40. The highest BCUT2D eigenvalue weighted by molar-refractivity contribution is 5.80. The molecule has 112 valence electrons. The van der Waals surface area contributed by atoms with Gasteiger partial charge in [0, 0.05) is 25.2 Å². The molecule has 1 fully saturated rings. The minimum absolute atomic E-state index is 0.143. The number of likely N-dealkylation sites (tertiary alicyclic amines) is 1. The van der Waals surface area contributed by atoms with Gasteiger partial charge in [0.1, 0.15) is 5.54 Å². The molecule has 0 radical (unpaired) electrons. The summed E-state index contributed by atoms with van der Waals surface area (Å²) in [5.41, 5.74) is -0.623. The first kappa shape index (κ1) is 16.4. The molecule has 1 N–H and O–H groups in total. The molecule has 0 amide bonds. The summed E-state index contributed by atoms with van der Waals surface area (Å²) < 4.78 is 5.25. The highest BCUT2D eigenvalue weighted by Crippen LogP contribution is 2.25. The molecule has 0 saturated carbocycles. The molecule has 1 rings (SSSR count). The topological polar surface area (TPSA) is 41.6 Å². The van der Waals surface area contributed by atoms with Gasteiger partial charge in [-0.3, -0.25) is 15.0 Å². The van der Waals surface area contributed by atoms with Crippen LogP contribution < -0.4 is 5.32 Å². The maximum Gasteiger partial charge on any atom is 0.327 e. The largest absolute Gasteiger partial charge is 0.465 e. The van der Waals surface area contributed by atoms with E-state index >= 15 is 0 Å². The zero-order valence-electron chi connectivity index (χ0n) is 13.3. The third kappa shape index (κ3) is 4.46. The molecule has 1 aliphatic rings. The summed E-state index contributed by atoms with van der Waals surface area (Å²) >= 11 is 0. The van der Waals surface area contributed by atoms with Gasteiger partial charge in [0.15, 0.2) is 0 Å². The Morgan fingerprint density at radius 1 is 1.47 bits per heavy atom. The second-order valence-corrected chi connectivity index (χ2v) is 6.47. The quantitative estimate of drug-likeness (QED) is 0.750. The van der Waals surface area contributed by atoms with Crippen molar-refractivity contribution in [3.05, 3.63) is 0 Å². The maximum absolute atomic E-state index is 12.3. The number of esters is 1. The van der Waals surface area contributed by atoms with Gasteiger partial charge in [-0.1, -0.05) is 6.92 Å². The van der Waals surface area contributed by atoms with Gasteiger partial charge < -0.3 is 4.74 Å². The highest BCUT2D eigenvalue weighted by atomic mass is 16.5. The van der Waals surface area contributed by atoms with Crippen molar-refractivity contribution in [3.8, 4) is 0 Å². The monoisotopic (exact) mass is 270 g/mol. The van der Waals surface area contributed by atoms with Crippen LogP contribution in [0.4, 0.5) is 0 Å². The lowest BCUT2D eigenvalue weighted by atomic mass is 10.00. The van der Waals surface area contributed by atoms with Crippen molar-refractivity contribution >= 4 is 5.97 Å². The van der Waals surface area contributed by atoms with E-state index in [1.54, 1.807) is 0 Å². The van der Waals surface area contributed by atoms with Gasteiger partial charge in [-0.15, -0.1) is 0 Å². The first-order chi connectivity index (χ1) is 8.78. The van der Waals surface area contributed by atoms with E-state index in [0.29, 0.717) is 18.6 Å². The number of hydrogen-bond donors (Lipinski definition) is 1. The Morgan fingerprint density at radius 2 is 2.11 bits per heavy atom. The van der Waals surface area contributed by atoms with Gasteiger partial charge in [0.05, 0.1) is 6.61 Å². The number of nitrogens with zero attached hydrogens (tertiary/aromatic N) is 1. The predicted octanol–water partition coefficient (Wildman–Crippen LogP) is 2.04. The molecule has 0 aromatic carbocycles. The number of carbonyl (C=O) groups is 1. The van der Waals surface area contributed by atoms with E-state index in [-0.39, 0.29) is 12.0 Å². The van der Waals surface area contributed by atoms with Crippen molar-refractivity contribution in [3.63, 3.8) is 0 Å². The second kappa shape index (κ2) is 6.71. The summed E-state index contributed by atoms with van der Waals surface area (Å²) in [4.78, 5) is 14.7. The lowest BCUT2D eigenvalue weighted by molar-refractivity contribution is -0.151. The van der Waals surface area contributed by atoms with Crippen LogP contribution in [0.15, 0.2) is 0 Å². The molecule has 1 aliphatic heterocycles. The number of ether oxygens (including phenoxy) is 1. The van der Waals surface area contributed by atoms with Crippen molar-refractivity contribution in [2.45, 2.75) is 65.6 Å². The van der Waals surface area contributed by atoms with Gasteiger partial charge >= 0.3 is 5.97 Å². The third-order valence-corrected chi connectivity index (χ3v) is 3.77. The Morgan fingerprint density at radius 3 is 2.53 bits per heavy atom. The van der Waals surface area contributed by atoms with E-state index in [1.807, 2.05) is 13.8 Å². The average molecular weight is 270 g/mol. The molecule has 1 saturated heterocycles. The van der Waals surface area contributed by atoms with E-state index in [1.165, 1.54) is 6.42 Å². The standard InChI is InChI=1S/C15H30N2O2/c1-7-19-14(18)15(6,16-11(2)3)10-17-9-12(4)8-13(17)5/h11-13,16H,7-10H2,1-6H3. The molecule has 19 heavy (non-hydrogen) atoms. The number of nitrogens with one attached hydrogen (secondary N) is 1. The fraction of sp³-hybridized carbons (Fsp3) is 0.933. The molecule has 0 spiro atoms. The zero-order valence-corrected chi connectivity index (χ0v) is 13.3. The van der Waals surface area contributed by atoms with Crippen molar-refractivity contribution in [1.82, 2.24) is 10.2 Å². The van der Waals surface area contributed by atoms with Crippen LogP contribution in [0.3, 0.4) is 0 Å². The molecular formula is C15H30N2O2. The molecule has 0 aromatic heterocycles. The van der Waals surface area contributed by atoms with E-state index in [0.717, 1.165) is 13.1 Å². The van der Waals surface area contributed by atoms with E-state index in [4.69, 9.17) is 4.74 Å². The first-order valence-corrected chi connectivity index (χ1v) is 7.47. The van der Waals surface area contributed by atoms with Gasteiger partial charge in [-0.05, 0) is 47.0 Å². The van der Waals surface area contributed by atoms with Gasteiger partial charge in [-0.25, -0.2) is 0 Å². The van der Waals surface area contributed by atoms with Crippen molar-refractivity contribution in [2.75, 3.05) is 19.7 Å². The second-order valence-electron chi connectivity index (χ2n) is 6.47. The Labute approximate surface area is 117 Å². The number of rotatable bonds is 6. The van der Waals surface area contributed by atoms with Gasteiger partial charge in [0.25, 0.3) is 0 Å². The Balaban J connectivity index is 2.76. The van der Waals surface area contributed by atoms with E-state index in [2.05, 4.69) is 37.9 Å². The van der Waals surface area contributed by atoms with Crippen LogP contribution in [0.5, 0.6) is 0 Å². The molecule has 0 bridgehead atoms. The molecule has 0 aliphatic carbocycles. The molecule has 1 heterocycles. The third-order valence-electron chi connectivity index (χ3n) is 3.77. The van der Waals surface area contributed by atoms with Gasteiger partial charge in [0.2, 0.25) is 0 Å². The lowest BCUT2D eigenvalue weighted by Crippen LogP contribution is -2.60. The van der Waals surface area contributed by atoms with Crippen LogP contribution in [-0.2, 0) is 9.53 Å². The molecule has 4 heteroatoms. The number of hydrogen-bond acceptors (Lipinski definition) is 4. The Hall–Kier alpha value is -0.610. The molecule has 3 unspecified atom stereocenters. The smallest absolute Gasteiger partial charge is 0.327 e. The van der Waals surface area contributed by atoms with Gasteiger partial charge in [-0.2, -0.15) is 0 Å². The minimum Gasteiger partial charge on any atom is -0.465 e. The summed E-state index contributed by atoms with van der Waals surface area (Å²) in [5, 5.41) is 3.39. The van der Waals surface area contributed by atoms with E-state index < -0.39 is 5.54 Å². The van der Waals surface area contributed by atoms with Crippen LogP contribution in [0, 0.1) is 5.92 Å². The van der Waals surface area contributed by atoms with Crippen LogP contribution in [0.1, 0.15) is 48.0 Å². The lowest BCUT2D eigenvalue weighted by Gasteiger charge is -2.35. The predicted molar refractivity (Wildman–Crippen MR) is 78.1 cm³/mol. The summed E-state index contributed by atoms with van der Waals surface area (Å²) in [6, 6.07) is 0.794. The van der Waals surface area contributed by atoms with E-state index in [9.17, 15) is 4.79 Å². The van der Waals surface area contributed by atoms with Crippen LogP contribution in [0.25, 0.3) is 0 Å². The Kier molecular flexibility index (Phi) is 5.81. The normalized spacial score (nSPS) is 27.5. The first-order valence-electron chi connectivity index (χ1n) is 7.47. The molecule has 4 nitrogen and oxygen atoms in total. The Bertz CT molecular complexity index is 307. The van der Waals surface area contributed by atoms with Crippen molar-refractivity contribution in [1.29, 1.82) is 0 Å². The van der Waals surface area contributed by atoms with Crippen molar-refractivity contribution in [2.24, 2.45) is 5.92 Å². The van der Waals surface area contributed by atoms with Crippen molar-refractivity contribution < 1.29 is 9.53 Å². The molecule has 3 atom stereocenters. The van der Waals surface area contributed by atoms with Crippen LogP contribution in [0.2, 0.25) is 0 Å². The maximum atomic E-state index is 12.3. The SMILES string of the molecule is CCOC(=O)C(C)(CN1CC(C)CC1C)NC(C)C. The zero-order chi connectivity index (χ0) is 14.6. The summed E-state index contributed by atoms with van der Waals surface area (Å²) in [6.07, 6.45) is 1.21. The summed E-state index contributed by atoms with van der Waals surface area (Å²) in [5.74, 6) is 0.566.